The van der Waals surface area contributed by atoms with E-state index in [1.165, 1.54) is 23.5 Å². The smallest absolute Gasteiger partial charge is 0.269 e. The first-order valence-electron chi connectivity index (χ1n) is 7.65. The fraction of sp³-hybridized carbons (Fsp3) is 0.111. The van der Waals surface area contributed by atoms with E-state index >= 15 is 0 Å². The Kier molecular flexibility index (Phi) is 5.02. The second-order valence-corrected chi connectivity index (χ2v) is 7.44. The molecule has 3 aromatic rings. The normalized spacial score (nSPS) is 10.5. The van der Waals surface area contributed by atoms with Gasteiger partial charge in [-0.2, -0.15) is 5.26 Å². The van der Waals surface area contributed by atoms with E-state index < -0.39 is 10.5 Å². The van der Waals surface area contributed by atoms with Crippen molar-refractivity contribution in [2.24, 2.45) is 0 Å². The lowest BCUT2D eigenvalue weighted by atomic mass is 10.0. The van der Waals surface area contributed by atoms with Crippen molar-refractivity contribution in [3.05, 3.63) is 71.8 Å². The summed E-state index contributed by atoms with van der Waals surface area (Å²) in [7, 11) is 0. The molecule has 2 heterocycles. The largest absolute Gasteiger partial charge is 0.321 e. The number of thiophene rings is 1. The Morgan fingerprint density at radius 1 is 1.31 bits per heavy atom. The van der Waals surface area contributed by atoms with E-state index in [4.69, 9.17) is 0 Å². The van der Waals surface area contributed by atoms with Gasteiger partial charge >= 0.3 is 0 Å². The molecule has 0 atom stereocenters. The zero-order chi connectivity index (χ0) is 18.8. The van der Waals surface area contributed by atoms with Crippen LogP contribution in [0, 0.1) is 21.4 Å². The number of halogens is 1. The summed E-state index contributed by atoms with van der Waals surface area (Å²) in [6.45, 7) is 2.03. The van der Waals surface area contributed by atoms with Crippen LogP contribution in [0.5, 0.6) is 0 Å². The molecule has 2 aromatic heterocycles. The van der Waals surface area contributed by atoms with Crippen LogP contribution in [-0.4, -0.2) is 9.91 Å². The molecule has 0 amide bonds. The van der Waals surface area contributed by atoms with Crippen molar-refractivity contribution in [3.8, 4) is 27.8 Å². The zero-order valence-corrected chi connectivity index (χ0v) is 16.0. The van der Waals surface area contributed by atoms with Crippen LogP contribution in [0.1, 0.15) is 17.4 Å². The topological polar surface area (TPSA) is 99.8 Å². The SMILES string of the molecule is CCc1sc(-c2cc(-c3ccc([N+](=O)[O-])cc3)[nH]c(=O)c2C#N)cc1Br. The third-order valence-corrected chi connectivity index (χ3v) is 6.16. The molecule has 8 heteroatoms. The number of aromatic nitrogens is 1. The van der Waals surface area contributed by atoms with Gasteiger partial charge in [-0.25, -0.2) is 0 Å². The van der Waals surface area contributed by atoms with Crippen molar-refractivity contribution in [3.63, 3.8) is 0 Å². The average molecular weight is 430 g/mol. The van der Waals surface area contributed by atoms with Crippen LogP contribution < -0.4 is 5.56 Å². The van der Waals surface area contributed by atoms with E-state index in [-0.39, 0.29) is 11.3 Å². The molecule has 0 bridgehead atoms. The van der Waals surface area contributed by atoms with Crippen molar-refractivity contribution in [1.82, 2.24) is 4.98 Å². The Morgan fingerprint density at radius 2 is 2.00 bits per heavy atom. The number of nitro benzene ring substituents is 1. The molecule has 0 unspecified atom stereocenters. The third-order valence-electron chi connectivity index (χ3n) is 3.88. The molecule has 0 radical (unpaired) electrons. The number of rotatable bonds is 4. The van der Waals surface area contributed by atoms with Crippen LogP contribution in [-0.2, 0) is 6.42 Å². The van der Waals surface area contributed by atoms with Crippen molar-refractivity contribution in [2.45, 2.75) is 13.3 Å². The summed E-state index contributed by atoms with van der Waals surface area (Å²) in [5.41, 5.74) is 1.22. The minimum Gasteiger partial charge on any atom is -0.321 e. The number of non-ortho nitro benzene ring substituents is 1. The molecule has 0 fully saturated rings. The fourth-order valence-corrected chi connectivity index (χ4v) is 4.48. The maximum atomic E-state index is 12.4. The molecule has 130 valence electrons. The highest BCUT2D eigenvalue weighted by molar-refractivity contribution is 9.10. The van der Waals surface area contributed by atoms with E-state index in [2.05, 4.69) is 20.9 Å². The number of benzene rings is 1. The Labute approximate surface area is 161 Å². The lowest BCUT2D eigenvalue weighted by Gasteiger charge is -2.06. The van der Waals surface area contributed by atoms with Gasteiger partial charge < -0.3 is 4.98 Å². The predicted molar refractivity (Wildman–Crippen MR) is 104 cm³/mol. The molecule has 1 aromatic carbocycles. The minimum absolute atomic E-state index is 0.0280. The van der Waals surface area contributed by atoms with Gasteiger partial charge in [0.2, 0.25) is 0 Å². The van der Waals surface area contributed by atoms with Crippen molar-refractivity contribution in [1.29, 1.82) is 5.26 Å². The molecule has 1 N–H and O–H groups in total. The van der Waals surface area contributed by atoms with Gasteiger partial charge in [0, 0.05) is 37.6 Å². The van der Waals surface area contributed by atoms with Crippen LogP contribution in [0.15, 0.2) is 45.7 Å². The number of pyridine rings is 1. The highest BCUT2D eigenvalue weighted by Gasteiger charge is 2.16. The molecule has 0 aliphatic rings. The summed E-state index contributed by atoms with van der Waals surface area (Å²) in [4.78, 5) is 27.3. The van der Waals surface area contributed by atoms with Gasteiger partial charge in [0.25, 0.3) is 11.2 Å². The molecule has 0 aliphatic heterocycles. The maximum Gasteiger partial charge on any atom is 0.269 e. The Hall–Kier alpha value is -2.76. The standard InChI is InChI=1S/C18H12BrN3O3S/c1-2-16-14(19)8-17(26-16)12-7-15(21-18(23)13(12)9-20)10-3-5-11(6-4-10)22(24)25/h3-8H,2H2,1H3,(H,21,23). The third kappa shape index (κ3) is 3.31. The molecule has 0 spiro atoms. The van der Waals surface area contributed by atoms with Crippen molar-refractivity contribution in [2.75, 3.05) is 0 Å². The van der Waals surface area contributed by atoms with Crippen LogP contribution in [0.4, 0.5) is 5.69 Å². The number of nitriles is 1. The van der Waals surface area contributed by atoms with Crippen molar-refractivity contribution < 1.29 is 4.92 Å². The number of hydrogen-bond acceptors (Lipinski definition) is 5. The summed E-state index contributed by atoms with van der Waals surface area (Å²) in [6.07, 6.45) is 0.839. The number of nitrogens with one attached hydrogen (secondary N) is 1. The first-order valence-corrected chi connectivity index (χ1v) is 9.26. The Morgan fingerprint density at radius 3 is 2.54 bits per heavy atom. The monoisotopic (exact) mass is 429 g/mol. The maximum absolute atomic E-state index is 12.4. The van der Waals surface area contributed by atoms with Gasteiger partial charge in [0.15, 0.2) is 0 Å². The van der Waals surface area contributed by atoms with Crippen LogP contribution in [0.2, 0.25) is 0 Å². The van der Waals surface area contributed by atoms with E-state index in [1.807, 2.05) is 19.1 Å². The minimum atomic E-state index is -0.485. The van der Waals surface area contributed by atoms with Crippen LogP contribution >= 0.6 is 27.3 Å². The van der Waals surface area contributed by atoms with Crippen molar-refractivity contribution >= 4 is 33.0 Å². The summed E-state index contributed by atoms with van der Waals surface area (Å²) in [5.74, 6) is 0. The summed E-state index contributed by atoms with van der Waals surface area (Å²) < 4.78 is 0.945. The molecular weight excluding hydrogens is 418 g/mol. The first kappa shape index (κ1) is 18.0. The van der Waals surface area contributed by atoms with Gasteiger partial charge in [-0.1, -0.05) is 6.92 Å². The molecule has 6 nitrogen and oxygen atoms in total. The Balaban J connectivity index is 2.17. The lowest BCUT2D eigenvalue weighted by molar-refractivity contribution is -0.384. The number of aryl methyl sites for hydroxylation is 1. The molecule has 3 rings (SSSR count). The quantitative estimate of drug-likeness (QED) is 0.471. The molecule has 26 heavy (non-hydrogen) atoms. The van der Waals surface area contributed by atoms with Gasteiger partial charge in [0.05, 0.1) is 4.92 Å². The predicted octanol–water partition coefficient (Wildman–Crippen LogP) is 4.88. The number of nitrogens with zero attached hydrogens (tertiary/aromatic N) is 2. The van der Waals surface area contributed by atoms with E-state index in [9.17, 15) is 20.2 Å². The van der Waals surface area contributed by atoms with Gasteiger partial charge in [-0.05, 0) is 52.2 Å². The summed E-state index contributed by atoms with van der Waals surface area (Å²) >= 11 is 5.02. The zero-order valence-electron chi connectivity index (χ0n) is 13.6. The number of H-pyrrole nitrogens is 1. The van der Waals surface area contributed by atoms with Gasteiger partial charge in [-0.15, -0.1) is 11.3 Å². The van der Waals surface area contributed by atoms with Crippen LogP contribution in [0.25, 0.3) is 21.7 Å². The second kappa shape index (κ2) is 7.23. The highest BCUT2D eigenvalue weighted by atomic mass is 79.9. The number of aromatic amines is 1. The summed E-state index contributed by atoms with van der Waals surface area (Å²) in [5, 5.41) is 20.2. The molecular formula is C18H12BrN3O3S. The highest BCUT2D eigenvalue weighted by Crippen LogP contribution is 2.37. The second-order valence-electron chi connectivity index (χ2n) is 5.45. The molecule has 0 saturated heterocycles. The number of hydrogen-bond donors (Lipinski definition) is 1. The van der Waals surface area contributed by atoms with Gasteiger partial charge in [-0.3, -0.25) is 14.9 Å². The van der Waals surface area contributed by atoms with E-state index in [1.54, 1.807) is 18.2 Å². The fourth-order valence-electron chi connectivity index (χ4n) is 2.56. The summed E-state index contributed by atoms with van der Waals surface area (Å²) in [6, 6.07) is 11.5. The molecule has 0 saturated carbocycles. The average Bonchev–Trinajstić information content (AvgIpc) is 3.01. The van der Waals surface area contributed by atoms with Crippen LogP contribution in [0.3, 0.4) is 0 Å². The van der Waals surface area contributed by atoms with E-state index in [0.717, 1.165) is 20.6 Å². The van der Waals surface area contributed by atoms with Gasteiger partial charge in [0.1, 0.15) is 11.6 Å². The van der Waals surface area contributed by atoms with E-state index in [0.29, 0.717) is 16.8 Å². The molecule has 0 aliphatic carbocycles. The Bertz CT molecular complexity index is 1090. The first-order chi connectivity index (χ1) is 12.4. The lowest BCUT2D eigenvalue weighted by Crippen LogP contribution is -2.12. The number of nitro groups is 1.